The van der Waals surface area contributed by atoms with Crippen LogP contribution in [0.4, 0.5) is 0 Å². The highest BCUT2D eigenvalue weighted by Crippen LogP contribution is 2.60. The Morgan fingerprint density at radius 3 is 2.81 bits per heavy atom. The molecular formula is C26H34N2O4. The van der Waals surface area contributed by atoms with Gasteiger partial charge in [-0.25, -0.2) is 0 Å². The second-order valence-corrected chi connectivity index (χ2v) is 11.0. The number of hydrogen-bond acceptors (Lipinski definition) is 5. The number of fused-ring (bicyclic) bond motifs is 10. The quantitative estimate of drug-likeness (QED) is 0.684. The van der Waals surface area contributed by atoms with Crippen molar-refractivity contribution in [2.75, 3.05) is 20.3 Å². The van der Waals surface area contributed by atoms with E-state index in [2.05, 4.69) is 54.8 Å². The van der Waals surface area contributed by atoms with Gasteiger partial charge >= 0.3 is 0 Å². The predicted molar refractivity (Wildman–Crippen MR) is 120 cm³/mol. The van der Waals surface area contributed by atoms with Crippen LogP contribution in [0.15, 0.2) is 24.3 Å². The first-order valence-corrected chi connectivity index (χ1v) is 12.4. The third kappa shape index (κ3) is 2.43. The Morgan fingerprint density at radius 2 is 1.97 bits per heavy atom. The Balaban J connectivity index is 1.30. The minimum atomic E-state index is -0.893. The number of aliphatic hydroxyl groups excluding tert-OH is 1. The van der Waals surface area contributed by atoms with Crippen molar-refractivity contribution in [1.82, 2.24) is 9.47 Å². The topological polar surface area (TPSA) is 56.1 Å². The van der Waals surface area contributed by atoms with E-state index < -0.39 is 17.7 Å². The standard InChI is InChI=1S/C26H34N2O4/c1-25-19(13-26(32-25)23(29)9-6-10-30-26)16-11-22-24-17(12-21(27(22)2)18(16)14-31-25)15-7-4-5-8-20(15)28(24)3/h4-5,7-8,16,18-19,21-23,29H,6,9-14H2,1-3H3/t16-,18-,19+,21+,22+,23+,25+,26+/m1/s1. The van der Waals surface area contributed by atoms with Gasteiger partial charge in [0.25, 0.3) is 0 Å². The van der Waals surface area contributed by atoms with Crippen LogP contribution in [0.3, 0.4) is 0 Å². The molecule has 0 saturated carbocycles. The summed E-state index contributed by atoms with van der Waals surface area (Å²) in [6, 6.07) is 9.72. The summed E-state index contributed by atoms with van der Waals surface area (Å²) >= 11 is 0. The first-order chi connectivity index (χ1) is 15.4. The van der Waals surface area contributed by atoms with Gasteiger partial charge in [-0.05, 0) is 57.2 Å². The third-order valence-electron chi connectivity index (χ3n) is 9.65. The molecule has 4 saturated heterocycles. The second kappa shape index (κ2) is 6.57. The van der Waals surface area contributed by atoms with E-state index in [0.717, 1.165) is 32.1 Å². The van der Waals surface area contributed by atoms with Crippen LogP contribution in [0.5, 0.6) is 0 Å². The van der Waals surface area contributed by atoms with E-state index in [4.69, 9.17) is 14.2 Å². The van der Waals surface area contributed by atoms with Gasteiger partial charge in [-0.3, -0.25) is 4.90 Å². The molecule has 5 aliphatic heterocycles. The van der Waals surface area contributed by atoms with Crippen LogP contribution in [0.25, 0.3) is 10.9 Å². The van der Waals surface area contributed by atoms with E-state index in [1.807, 2.05) is 0 Å². The van der Waals surface area contributed by atoms with Crippen molar-refractivity contribution in [3.05, 3.63) is 35.5 Å². The van der Waals surface area contributed by atoms with E-state index in [1.165, 1.54) is 22.2 Å². The van der Waals surface area contributed by atoms with Crippen molar-refractivity contribution >= 4 is 10.9 Å². The molecule has 2 bridgehead atoms. The number of aliphatic hydroxyl groups is 1. The molecule has 0 unspecified atom stereocenters. The van der Waals surface area contributed by atoms with Gasteiger partial charge in [0, 0.05) is 47.9 Å². The van der Waals surface area contributed by atoms with Gasteiger partial charge in [0.2, 0.25) is 0 Å². The summed E-state index contributed by atoms with van der Waals surface area (Å²) in [5.74, 6) is -0.352. The Hall–Kier alpha value is -1.44. The van der Waals surface area contributed by atoms with Gasteiger partial charge in [0.15, 0.2) is 11.6 Å². The summed E-state index contributed by atoms with van der Waals surface area (Å²) in [4.78, 5) is 2.62. The molecule has 7 rings (SSSR count). The van der Waals surface area contributed by atoms with Gasteiger partial charge < -0.3 is 23.9 Å². The average molecular weight is 439 g/mol. The maximum Gasteiger partial charge on any atom is 0.198 e. The van der Waals surface area contributed by atoms with Crippen LogP contribution >= 0.6 is 0 Å². The number of para-hydroxylation sites is 1. The molecule has 32 heavy (non-hydrogen) atoms. The van der Waals surface area contributed by atoms with Crippen LogP contribution in [-0.2, 0) is 27.7 Å². The van der Waals surface area contributed by atoms with Crippen LogP contribution in [0, 0.1) is 17.8 Å². The summed E-state index contributed by atoms with van der Waals surface area (Å²) < 4.78 is 21.6. The molecule has 1 N–H and O–H groups in total. The number of rotatable bonds is 0. The smallest absolute Gasteiger partial charge is 0.198 e. The fourth-order valence-electron chi connectivity index (χ4n) is 8.08. The van der Waals surface area contributed by atoms with Gasteiger partial charge in [-0.2, -0.15) is 0 Å². The van der Waals surface area contributed by atoms with Crippen LogP contribution < -0.4 is 0 Å². The molecular weight excluding hydrogens is 404 g/mol. The summed E-state index contributed by atoms with van der Waals surface area (Å²) in [6.45, 7) is 3.45. The van der Waals surface area contributed by atoms with Gasteiger partial charge in [0.1, 0.15) is 6.10 Å². The highest BCUT2D eigenvalue weighted by atomic mass is 16.8. The van der Waals surface area contributed by atoms with Crippen LogP contribution in [0.1, 0.15) is 49.9 Å². The van der Waals surface area contributed by atoms with Crippen LogP contribution in [-0.4, -0.2) is 58.6 Å². The van der Waals surface area contributed by atoms with Crippen molar-refractivity contribution < 1.29 is 19.3 Å². The fourth-order valence-corrected chi connectivity index (χ4v) is 8.08. The van der Waals surface area contributed by atoms with Crippen molar-refractivity contribution in [3.63, 3.8) is 0 Å². The first-order valence-electron chi connectivity index (χ1n) is 12.4. The molecule has 5 aliphatic rings. The number of aromatic nitrogens is 1. The summed E-state index contributed by atoms with van der Waals surface area (Å²) in [5, 5.41) is 12.3. The van der Waals surface area contributed by atoms with Crippen molar-refractivity contribution in [2.45, 2.75) is 68.8 Å². The SMILES string of the molecule is CN1[C@H]2C[C@@H]3[C@@H](CO[C@@]4(C)O[C@]5(C[C@@H]34)OCCC[C@@H]5O)[C@@H]1Cc1c2n(C)c2ccccc12. The number of ether oxygens (including phenoxy) is 3. The van der Waals surface area contributed by atoms with Crippen molar-refractivity contribution in [3.8, 4) is 0 Å². The summed E-state index contributed by atoms with van der Waals surface area (Å²) in [5.41, 5.74) is 4.36. The Morgan fingerprint density at radius 1 is 1.12 bits per heavy atom. The minimum absolute atomic E-state index is 0.240. The highest BCUT2D eigenvalue weighted by Gasteiger charge is 2.65. The highest BCUT2D eigenvalue weighted by molar-refractivity contribution is 5.86. The number of nitrogens with zero attached hydrogens (tertiary/aromatic N) is 2. The monoisotopic (exact) mass is 438 g/mol. The van der Waals surface area contributed by atoms with E-state index in [-0.39, 0.29) is 5.92 Å². The minimum Gasteiger partial charge on any atom is -0.388 e. The first kappa shape index (κ1) is 20.0. The Kier molecular flexibility index (Phi) is 4.10. The molecule has 2 aromatic rings. The molecule has 172 valence electrons. The number of likely N-dealkylation sites (N-methyl/N-ethyl adjacent to an activating group) is 1. The molecule has 8 atom stereocenters. The molecule has 1 aromatic carbocycles. The van der Waals surface area contributed by atoms with E-state index in [0.29, 0.717) is 37.1 Å². The van der Waals surface area contributed by atoms with E-state index in [9.17, 15) is 5.11 Å². The second-order valence-electron chi connectivity index (χ2n) is 11.0. The lowest BCUT2D eigenvalue weighted by atomic mass is 9.63. The van der Waals surface area contributed by atoms with Crippen molar-refractivity contribution in [2.24, 2.45) is 24.8 Å². The summed E-state index contributed by atoms with van der Waals surface area (Å²) in [7, 11) is 4.54. The average Bonchev–Trinajstić information content (AvgIpc) is 3.23. The van der Waals surface area contributed by atoms with Crippen LogP contribution in [0.2, 0.25) is 0 Å². The zero-order chi connectivity index (χ0) is 21.8. The van der Waals surface area contributed by atoms with Gasteiger partial charge in [-0.15, -0.1) is 0 Å². The number of hydrogen-bond donors (Lipinski definition) is 1. The van der Waals surface area contributed by atoms with Gasteiger partial charge in [-0.1, -0.05) is 18.2 Å². The Bertz CT molecular complexity index is 1080. The normalized spacial score (nSPS) is 45.6. The molecule has 0 aliphatic carbocycles. The zero-order valence-corrected chi connectivity index (χ0v) is 19.3. The molecule has 1 spiro atoms. The lowest BCUT2D eigenvalue weighted by Crippen LogP contribution is -2.60. The molecule has 6 heteroatoms. The lowest BCUT2D eigenvalue weighted by Gasteiger charge is -2.57. The maximum absolute atomic E-state index is 10.9. The zero-order valence-electron chi connectivity index (χ0n) is 19.3. The predicted octanol–water partition coefficient (Wildman–Crippen LogP) is 3.36. The number of piperidine rings is 1. The fraction of sp³-hybridized carbons (Fsp3) is 0.692. The molecule has 0 radical (unpaired) electrons. The molecule has 6 nitrogen and oxygen atoms in total. The molecule has 4 fully saturated rings. The number of aryl methyl sites for hydroxylation is 1. The lowest BCUT2D eigenvalue weighted by molar-refractivity contribution is -0.365. The van der Waals surface area contributed by atoms with Gasteiger partial charge in [0.05, 0.1) is 19.3 Å². The number of benzene rings is 1. The molecule has 6 heterocycles. The largest absolute Gasteiger partial charge is 0.388 e. The van der Waals surface area contributed by atoms with Crippen molar-refractivity contribution in [1.29, 1.82) is 0 Å². The maximum atomic E-state index is 10.9. The third-order valence-corrected chi connectivity index (χ3v) is 9.65. The molecule has 0 amide bonds. The van der Waals surface area contributed by atoms with E-state index >= 15 is 0 Å². The molecule has 1 aromatic heterocycles. The summed E-state index contributed by atoms with van der Waals surface area (Å²) in [6.07, 6.45) is 3.97. The Labute approximate surface area is 189 Å². The van der Waals surface area contributed by atoms with E-state index in [1.54, 1.807) is 0 Å².